The first-order valence-electron chi connectivity index (χ1n) is 8.25. The van der Waals surface area contributed by atoms with E-state index in [1.165, 1.54) is 0 Å². The second-order valence-corrected chi connectivity index (χ2v) is 7.29. The lowest BCUT2D eigenvalue weighted by Gasteiger charge is -2.36. The van der Waals surface area contributed by atoms with E-state index in [2.05, 4.69) is 11.0 Å². The highest BCUT2D eigenvalue weighted by atomic mass is 16.6. The molecular formula is C18H25N3O3. The molecular weight excluding hydrogens is 306 g/mol. The minimum atomic E-state index is -0.468. The van der Waals surface area contributed by atoms with Crippen molar-refractivity contribution in [3.05, 3.63) is 24.4 Å². The molecule has 2 aromatic rings. The standard InChI is InChI=1S/C18H25N3O3/c1-18(2,3)24-17(23)21-9-7-20(8-10-21)14-6-5-13-12-19(4)16(22)15(13)11-14/h5-6,11-12,22H,7-10H2,1-4H3. The van der Waals surface area contributed by atoms with Crippen molar-refractivity contribution in [2.24, 2.45) is 7.05 Å². The highest BCUT2D eigenvalue weighted by Crippen LogP contribution is 2.30. The molecule has 6 heteroatoms. The minimum Gasteiger partial charge on any atom is -0.494 e. The van der Waals surface area contributed by atoms with E-state index < -0.39 is 5.60 Å². The number of anilines is 1. The van der Waals surface area contributed by atoms with Gasteiger partial charge in [-0.15, -0.1) is 0 Å². The smallest absolute Gasteiger partial charge is 0.410 e. The van der Waals surface area contributed by atoms with Gasteiger partial charge in [-0.3, -0.25) is 0 Å². The summed E-state index contributed by atoms with van der Waals surface area (Å²) in [5.41, 5.74) is 0.595. The highest BCUT2D eigenvalue weighted by molar-refractivity contribution is 5.90. The van der Waals surface area contributed by atoms with Gasteiger partial charge in [0.2, 0.25) is 0 Å². The van der Waals surface area contributed by atoms with Crippen LogP contribution in [0.5, 0.6) is 5.88 Å². The monoisotopic (exact) mass is 331 g/mol. The Morgan fingerprint density at radius 3 is 2.46 bits per heavy atom. The van der Waals surface area contributed by atoms with Crippen molar-refractivity contribution in [2.75, 3.05) is 31.1 Å². The molecule has 0 saturated carbocycles. The van der Waals surface area contributed by atoms with Crippen molar-refractivity contribution in [3.63, 3.8) is 0 Å². The van der Waals surface area contributed by atoms with Crippen LogP contribution in [0.1, 0.15) is 20.8 Å². The highest BCUT2D eigenvalue weighted by Gasteiger charge is 2.26. The van der Waals surface area contributed by atoms with Gasteiger partial charge in [0.05, 0.1) is 0 Å². The number of amides is 1. The molecule has 0 spiro atoms. The van der Waals surface area contributed by atoms with Crippen LogP contribution in [0.2, 0.25) is 0 Å². The van der Waals surface area contributed by atoms with Gasteiger partial charge in [0.25, 0.3) is 0 Å². The molecule has 6 nitrogen and oxygen atoms in total. The molecule has 0 bridgehead atoms. The molecule has 1 aromatic heterocycles. The molecule has 1 aliphatic rings. The van der Waals surface area contributed by atoms with Gasteiger partial charge in [-0.05, 0) is 32.9 Å². The lowest BCUT2D eigenvalue weighted by atomic mass is 10.1. The number of hydrogen-bond donors (Lipinski definition) is 1. The summed E-state index contributed by atoms with van der Waals surface area (Å²) in [5.74, 6) is 0.277. The number of carbonyl (C=O) groups is 1. The summed E-state index contributed by atoms with van der Waals surface area (Å²) >= 11 is 0. The number of rotatable bonds is 1. The Hall–Kier alpha value is -2.37. The quantitative estimate of drug-likeness (QED) is 0.873. The van der Waals surface area contributed by atoms with Crippen molar-refractivity contribution in [2.45, 2.75) is 26.4 Å². The van der Waals surface area contributed by atoms with E-state index in [4.69, 9.17) is 4.74 Å². The molecule has 130 valence electrons. The predicted molar refractivity (Wildman–Crippen MR) is 94.6 cm³/mol. The molecule has 1 aromatic carbocycles. The number of piperazine rings is 1. The number of aryl methyl sites for hydroxylation is 1. The zero-order valence-corrected chi connectivity index (χ0v) is 14.7. The summed E-state index contributed by atoms with van der Waals surface area (Å²) in [6, 6.07) is 6.09. The first-order valence-corrected chi connectivity index (χ1v) is 8.25. The largest absolute Gasteiger partial charge is 0.494 e. The Balaban J connectivity index is 1.68. The SMILES string of the molecule is Cn1cc2ccc(N3CCN(C(=O)OC(C)(C)C)CC3)cc2c1O. The number of aromatic nitrogens is 1. The van der Waals surface area contributed by atoms with Crippen LogP contribution in [-0.2, 0) is 11.8 Å². The maximum absolute atomic E-state index is 12.1. The van der Waals surface area contributed by atoms with Gasteiger partial charge in [0.1, 0.15) is 5.60 Å². The summed E-state index contributed by atoms with van der Waals surface area (Å²) in [7, 11) is 1.83. The number of fused-ring (bicyclic) bond motifs is 1. The number of nitrogens with zero attached hydrogens (tertiary/aromatic N) is 3. The number of ether oxygens (including phenoxy) is 1. The predicted octanol–water partition coefficient (Wildman–Crippen LogP) is 2.94. The third-order valence-corrected chi connectivity index (χ3v) is 4.24. The third kappa shape index (κ3) is 3.27. The summed E-state index contributed by atoms with van der Waals surface area (Å²) in [6.07, 6.45) is 1.66. The molecule has 1 fully saturated rings. The fourth-order valence-electron chi connectivity index (χ4n) is 2.98. The molecule has 0 aliphatic carbocycles. The van der Waals surface area contributed by atoms with Crippen LogP contribution in [0.3, 0.4) is 0 Å². The van der Waals surface area contributed by atoms with E-state index in [1.807, 2.05) is 46.1 Å². The Kier molecular flexibility index (Phi) is 4.07. The van der Waals surface area contributed by atoms with E-state index in [-0.39, 0.29) is 12.0 Å². The van der Waals surface area contributed by atoms with Crippen molar-refractivity contribution in [1.29, 1.82) is 0 Å². The first kappa shape index (κ1) is 16.5. The molecule has 3 rings (SSSR count). The summed E-state index contributed by atoms with van der Waals surface area (Å²) in [5, 5.41) is 12.0. The van der Waals surface area contributed by atoms with Crippen LogP contribution in [-0.4, -0.2) is 52.4 Å². The first-order chi connectivity index (χ1) is 11.2. The lowest BCUT2D eigenvalue weighted by molar-refractivity contribution is 0.0240. The Morgan fingerprint density at radius 1 is 1.17 bits per heavy atom. The second-order valence-electron chi connectivity index (χ2n) is 7.29. The average Bonchev–Trinajstić information content (AvgIpc) is 2.80. The van der Waals surface area contributed by atoms with E-state index >= 15 is 0 Å². The van der Waals surface area contributed by atoms with Crippen molar-refractivity contribution >= 4 is 22.6 Å². The Bertz CT molecular complexity index is 753. The normalized spacial score (nSPS) is 15.8. The van der Waals surface area contributed by atoms with Gasteiger partial charge in [0.15, 0.2) is 5.88 Å². The number of hydrogen-bond acceptors (Lipinski definition) is 4. The minimum absolute atomic E-state index is 0.252. The zero-order valence-electron chi connectivity index (χ0n) is 14.7. The van der Waals surface area contributed by atoms with Crippen LogP contribution < -0.4 is 4.90 Å². The fourth-order valence-corrected chi connectivity index (χ4v) is 2.98. The molecule has 1 aliphatic heterocycles. The van der Waals surface area contributed by atoms with Crippen LogP contribution in [0.4, 0.5) is 10.5 Å². The zero-order chi connectivity index (χ0) is 17.5. The molecule has 24 heavy (non-hydrogen) atoms. The van der Waals surface area contributed by atoms with Gasteiger partial charge < -0.3 is 24.2 Å². The molecule has 1 amide bonds. The topological polar surface area (TPSA) is 57.9 Å². The van der Waals surface area contributed by atoms with E-state index in [0.29, 0.717) is 13.1 Å². The van der Waals surface area contributed by atoms with Gasteiger partial charge >= 0.3 is 6.09 Å². The van der Waals surface area contributed by atoms with Gasteiger partial charge in [-0.1, -0.05) is 6.07 Å². The van der Waals surface area contributed by atoms with Gasteiger partial charge in [0, 0.05) is 55.9 Å². The summed E-state index contributed by atoms with van der Waals surface area (Å²) in [4.78, 5) is 16.1. The second kappa shape index (κ2) is 5.92. The molecule has 0 radical (unpaired) electrons. The maximum Gasteiger partial charge on any atom is 0.410 e. The van der Waals surface area contributed by atoms with Crippen LogP contribution in [0.25, 0.3) is 10.8 Å². The summed E-state index contributed by atoms with van der Waals surface area (Å²) in [6.45, 7) is 8.40. The molecule has 1 saturated heterocycles. The van der Waals surface area contributed by atoms with Gasteiger partial charge in [-0.25, -0.2) is 4.79 Å². The molecule has 2 heterocycles. The van der Waals surface area contributed by atoms with E-state index in [1.54, 1.807) is 9.47 Å². The van der Waals surface area contributed by atoms with Gasteiger partial charge in [-0.2, -0.15) is 0 Å². The van der Waals surface area contributed by atoms with Crippen LogP contribution in [0.15, 0.2) is 24.4 Å². The number of aromatic hydroxyl groups is 1. The molecule has 1 N–H and O–H groups in total. The Labute approximate surface area is 142 Å². The number of benzene rings is 1. The van der Waals surface area contributed by atoms with Crippen molar-refractivity contribution in [3.8, 4) is 5.88 Å². The van der Waals surface area contributed by atoms with Crippen LogP contribution in [0, 0.1) is 0 Å². The fraction of sp³-hybridized carbons (Fsp3) is 0.500. The Morgan fingerprint density at radius 2 is 1.83 bits per heavy atom. The third-order valence-electron chi connectivity index (χ3n) is 4.24. The van der Waals surface area contributed by atoms with E-state index in [9.17, 15) is 9.90 Å². The average molecular weight is 331 g/mol. The van der Waals surface area contributed by atoms with Crippen molar-refractivity contribution < 1.29 is 14.6 Å². The van der Waals surface area contributed by atoms with Crippen molar-refractivity contribution in [1.82, 2.24) is 9.47 Å². The lowest BCUT2D eigenvalue weighted by Crippen LogP contribution is -2.50. The van der Waals surface area contributed by atoms with Crippen LogP contribution >= 0.6 is 0 Å². The maximum atomic E-state index is 12.1. The molecule has 0 atom stereocenters. The number of carbonyl (C=O) groups excluding carboxylic acids is 1. The van der Waals surface area contributed by atoms with E-state index in [0.717, 1.165) is 29.5 Å². The molecule has 0 unspecified atom stereocenters. The summed E-state index contributed by atoms with van der Waals surface area (Å²) < 4.78 is 7.14.